The lowest BCUT2D eigenvalue weighted by Gasteiger charge is -2.34. The molecule has 0 saturated carbocycles. The standard InChI is InChI=1S/C22H22N6O/c23-14-17(22(29)25-15-16-6-2-1-3-7-16)20-21(28-12-10-24-11-13-28)27-19-9-5-4-8-18(19)26-20/h1-9,24,26H,10-13,15H2,(H,25,29)/b20-17-. The molecule has 0 unspecified atom stereocenters. The minimum atomic E-state index is -0.416. The number of carbonyl (C=O) groups is 1. The summed E-state index contributed by atoms with van der Waals surface area (Å²) in [6.07, 6.45) is 0. The van der Waals surface area contributed by atoms with Crippen LogP contribution in [0.3, 0.4) is 0 Å². The van der Waals surface area contributed by atoms with Gasteiger partial charge in [-0.25, -0.2) is 4.99 Å². The summed E-state index contributed by atoms with van der Waals surface area (Å²) < 4.78 is 0. The molecule has 7 nitrogen and oxygen atoms in total. The number of amides is 1. The van der Waals surface area contributed by atoms with Gasteiger partial charge in [-0.2, -0.15) is 5.26 Å². The molecule has 0 aliphatic carbocycles. The van der Waals surface area contributed by atoms with Crippen molar-refractivity contribution in [3.8, 4) is 6.07 Å². The Labute approximate surface area is 169 Å². The molecular formula is C22H22N6O. The van der Waals surface area contributed by atoms with Crippen molar-refractivity contribution < 1.29 is 4.79 Å². The Morgan fingerprint density at radius 3 is 2.59 bits per heavy atom. The van der Waals surface area contributed by atoms with Crippen molar-refractivity contribution in [3.63, 3.8) is 0 Å². The van der Waals surface area contributed by atoms with Gasteiger partial charge in [0, 0.05) is 32.7 Å². The molecule has 0 radical (unpaired) electrons. The number of nitrogens with zero attached hydrogens (tertiary/aromatic N) is 3. The highest BCUT2D eigenvalue weighted by Crippen LogP contribution is 2.32. The van der Waals surface area contributed by atoms with Gasteiger partial charge in [0.05, 0.1) is 11.4 Å². The molecular weight excluding hydrogens is 364 g/mol. The van der Waals surface area contributed by atoms with E-state index < -0.39 is 5.91 Å². The highest BCUT2D eigenvalue weighted by molar-refractivity contribution is 6.13. The van der Waals surface area contributed by atoms with Gasteiger partial charge >= 0.3 is 0 Å². The molecule has 3 N–H and O–H groups in total. The van der Waals surface area contributed by atoms with Crippen LogP contribution in [0.4, 0.5) is 11.4 Å². The molecule has 146 valence electrons. The van der Waals surface area contributed by atoms with Gasteiger partial charge in [-0.1, -0.05) is 42.5 Å². The zero-order chi connectivity index (χ0) is 20.1. The summed E-state index contributed by atoms with van der Waals surface area (Å²) in [6.45, 7) is 3.54. The predicted molar refractivity (Wildman–Crippen MR) is 113 cm³/mol. The zero-order valence-electron chi connectivity index (χ0n) is 16.0. The Balaban J connectivity index is 1.67. The summed E-state index contributed by atoms with van der Waals surface area (Å²) in [7, 11) is 0. The summed E-state index contributed by atoms with van der Waals surface area (Å²) in [5.41, 5.74) is 3.05. The first-order valence-electron chi connectivity index (χ1n) is 9.63. The summed E-state index contributed by atoms with van der Waals surface area (Å²) in [5.74, 6) is 0.220. The van der Waals surface area contributed by atoms with Crippen molar-refractivity contribution in [2.24, 2.45) is 4.99 Å². The second kappa shape index (κ2) is 8.59. The van der Waals surface area contributed by atoms with Crippen LogP contribution in [0.15, 0.2) is 70.9 Å². The van der Waals surface area contributed by atoms with Gasteiger partial charge in [-0.3, -0.25) is 4.79 Å². The van der Waals surface area contributed by atoms with Crippen molar-refractivity contribution in [3.05, 3.63) is 71.4 Å². The lowest BCUT2D eigenvalue weighted by Crippen LogP contribution is -2.48. The Hall–Kier alpha value is -3.63. The van der Waals surface area contributed by atoms with Crippen molar-refractivity contribution >= 4 is 23.1 Å². The van der Waals surface area contributed by atoms with Crippen LogP contribution in [0.2, 0.25) is 0 Å². The number of hydrogen-bond donors (Lipinski definition) is 3. The van der Waals surface area contributed by atoms with Gasteiger partial charge in [-0.15, -0.1) is 0 Å². The maximum Gasteiger partial charge on any atom is 0.264 e. The van der Waals surface area contributed by atoms with E-state index >= 15 is 0 Å². The van der Waals surface area contributed by atoms with E-state index in [9.17, 15) is 10.1 Å². The normalized spacial score (nSPS) is 17.3. The third-order valence-corrected chi connectivity index (χ3v) is 4.91. The maximum atomic E-state index is 12.9. The number of carbonyl (C=O) groups excluding carboxylic acids is 1. The molecule has 7 heteroatoms. The fourth-order valence-electron chi connectivity index (χ4n) is 3.40. The van der Waals surface area contributed by atoms with Crippen LogP contribution in [0, 0.1) is 11.3 Å². The van der Waals surface area contributed by atoms with E-state index in [-0.39, 0.29) is 5.57 Å². The predicted octanol–water partition coefficient (Wildman–Crippen LogP) is 2.14. The van der Waals surface area contributed by atoms with Crippen LogP contribution in [0.5, 0.6) is 0 Å². The van der Waals surface area contributed by atoms with Crippen LogP contribution in [-0.4, -0.2) is 42.8 Å². The van der Waals surface area contributed by atoms with Crippen LogP contribution >= 0.6 is 0 Å². The number of rotatable bonds is 3. The van der Waals surface area contributed by atoms with Crippen molar-refractivity contribution in [1.82, 2.24) is 15.5 Å². The van der Waals surface area contributed by atoms with E-state index in [0.717, 1.165) is 43.1 Å². The first kappa shape index (κ1) is 18.7. The fourth-order valence-corrected chi connectivity index (χ4v) is 3.40. The maximum absolute atomic E-state index is 12.9. The average molecular weight is 386 g/mol. The fraction of sp³-hybridized carbons (Fsp3) is 0.227. The lowest BCUT2D eigenvalue weighted by molar-refractivity contribution is -0.117. The second-order valence-corrected chi connectivity index (χ2v) is 6.84. The monoisotopic (exact) mass is 386 g/mol. The summed E-state index contributed by atoms with van der Waals surface area (Å²) in [5, 5.41) is 19.3. The van der Waals surface area contributed by atoms with E-state index in [4.69, 9.17) is 4.99 Å². The van der Waals surface area contributed by atoms with Crippen molar-refractivity contribution in [2.75, 3.05) is 31.5 Å². The molecule has 2 heterocycles. The average Bonchev–Trinajstić information content (AvgIpc) is 2.79. The van der Waals surface area contributed by atoms with E-state index in [0.29, 0.717) is 18.1 Å². The van der Waals surface area contributed by atoms with Crippen LogP contribution < -0.4 is 16.0 Å². The second-order valence-electron chi connectivity index (χ2n) is 6.84. The molecule has 2 aliphatic rings. The van der Waals surface area contributed by atoms with E-state index in [1.807, 2.05) is 54.6 Å². The number of nitrogens with one attached hydrogen (secondary N) is 3. The van der Waals surface area contributed by atoms with Gasteiger partial charge in [-0.05, 0) is 17.7 Å². The van der Waals surface area contributed by atoms with Gasteiger partial charge in [0.1, 0.15) is 17.3 Å². The molecule has 2 aromatic rings. The van der Waals surface area contributed by atoms with Crippen LogP contribution in [0.1, 0.15) is 5.56 Å². The smallest absolute Gasteiger partial charge is 0.264 e. The zero-order valence-corrected chi connectivity index (χ0v) is 16.0. The molecule has 4 rings (SSSR count). The topological polar surface area (TPSA) is 92.5 Å². The minimum absolute atomic E-state index is 0.0349. The number of para-hydroxylation sites is 2. The lowest BCUT2D eigenvalue weighted by atomic mass is 10.1. The Morgan fingerprint density at radius 1 is 1.10 bits per heavy atom. The molecule has 0 atom stereocenters. The molecule has 0 bridgehead atoms. The summed E-state index contributed by atoms with van der Waals surface area (Å²) >= 11 is 0. The molecule has 1 amide bonds. The molecule has 0 spiro atoms. The molecule has 0 aromatic heterocycles. The Bertz CT molecular complexity index is 999. The van der Waals surface area contributed by atoms with Gasteiger partial charge in [0.2, 0.25) is 0 Å². The SMILES string of the molecule is N#C/C(C(=O)NCc1ccccc1)=C1/Nc2ccccc2N=C1N1CCNCC1. The molecule has 29 heavy (non-hydrogen) atoms. The number of amidine groups is 1. The minimum Gasteiger partial charge on any atom is -0.352 e. The highest BCUT2D eigenvalue weighted by Gasteiger charge is 2.28. The first-order valence-corrected chi connectivity index (χ1v) is 9.63. The molecule has 1 fully saturated rings. The molecule has 2 aliphatic heterocycles. The number of hydrogen-bond acceptors (Lipinski definition) is 6. The van der Waals surface area contributed by atoms with Crippen LogP contribution in [-0.2, 0) is 11.3 Å². The largest absolute Gasteiger partial charge is 0.352 e. The summed E-state index contributed by atoms with van der Waals surface area (Å²) in [4.78, 5) is 19.8. The van der Waals surface area contributed by atoms with Crippen molar-refractivity contribution in [1.29, 1.82) is 5.26 Å². The first-order chi connectivity index (χ1) is 14.3. The van der Waals surface area contributed by atoms with E-state index in [1.54, 1.807) is 0 Å². The third kappa shape index (κ3) is 4.13. The molecule has 1 saturated heterocycles. The van der Waals surface area contributed by atoms with E-state index in [1.165, 1.54) is 0 Å². The molecule has 2 aromatic carbocycles. The Morgan fingerprint density at radius 2 is 1.83 bits per heavy atom. The van der Waals surface area contributed by atoms with E-state index in [2.05, 4.69) is 26.9 Å². The van der Waals surface area contributed by atoms with Crippen molar-refractivity contribution in [2.45, 2.75) is 6.54 Å². The third-order valence-electron chi connectivity index (χ3n) is 4.91. The van der Waals surface area contributed by atoms with Crippen LogP contribution in [0.25, 0.3) is 0 Å². The number of fused-ring (bicyclic) bond motifs is 1. The van der Waals surface area contributed by atoms with Gasteiger partial charge in [0.15, 0.2) is 5.84 Å². The number of anilines is 1. The number of benzene rings is 2. The highest BCUT2D eigenvalue weighted by atomic mass is 16.1. The van der Waals surface area contributed by atoms with Gasteiger partial charge < -0.3 is 20.9 Å². The Kier molecular flexibility index (Phi) is 5.54. The summed E-state index contributed by atoms with van der Waals surface area (Å²) in [6, 6.07) is 19.3. The number of nitriles is 1. The quantitative estimate of drug-likeness (QED) is 0.555. The van der Waals surface area contributed by atoms with Gasteiger partial charge in [0.25, 0.3) is 5.91 Å². The number of piperazine rings is 1. The number of aliphatic imine (C=N–C) groups is 1.